The Labute approximate surface area is 111 Å². The van der Waals surface area contributed by atoms with Gasteiger partial charge in [0.05, 0.1) is 26.9 Å². The fourth-order valence-electron chi connectivity index (χ4n) is 2.69. The molecule has 0 saturated heterocycles. The molecule has 1 atom stereocenters. The summed E-state index contributed by atoms with van der Waals surface area (Å²) in [7, 11) is 1.35. The Balaban J connectivity index is 1.86. The van der Waals surface area contributed by atoms with Crippen LogP contribution in [0.3, 0.4) is 0 Å². The van der Waals surface area contributed by atoms with E-state index in [-0.39, 0.29) is 6.10 Å². The van der Waals surface area contributed by atoms with Gasteiger partial charge < -0.3 is 19.5 Å². The molecule has 2 aliphatic heterocycles. The summed E-state index contributed by atoms with van der Waals surface area (Å²) in [6.45, 7) is 1.79. The Kier molecular flexibility index (Phi) is 3.29. The third kappa shape index (κ3) is 2.26. The van der Waals surface area contributed by atoms with Crippen molar-refractivity contribution in [1.82, 2.24) is 5.32 Å². The van der Waals surface area contributed by atoms with E-state index in [0.29, 0.717) is 13.2 Å². The van der Waals surface area contributed by atoms with Gasteiger partial charge in [0.2, 0.25) is 0 Å². The van der Waals surface area contributed by atoms with Gasteiger partial charge in [0.1, 0.15) is 11.9 Å². The first-order valence-corrected chi connectivity index (χ1v) is 6.50. The summed E-state index contributed by atoms with van der Waals surface area (Å²) in [6.07, 6.45) is 1.24. The molecule has 1 aromatic carbocycles. The van der Waals surface area contributed by atoms with Gasteiger partial charge in [-0.3, -0.25) is 0 Å². The third-order valence-electron chi connectivity index (χ3n) is 3.62. The van der Waals surface area contributed by atoms with Crippen molar-refractivity contribution in [3.8, 4) is 5.75 Å². The second-order valence-corrected chi connectivity index (χ2v) is 4.71. The molecule has 5 nitrogen and oxygen atoms in total. The van der Waals surface area contributed by atoms with Crippen LogP contribution in [-0.2, 0) is 22.3 Å². The molecule has 19 heavy (non-hydrogen) atoms. The lowest BCUT2D eigenvalue weighted by molar-refractivity contribution is 0.0401. The predicted molar refractivity (Wildman–Crippen MR) is 68.4 cm³/mol. The molecule has 0 spiro atoms. The van der Waals surface area contributed by atoms with Gasteiger partial charge in [-0.25, -0.2) is 4.79 Å². The van der Waals surface area contributed by atoms with E-state index < -0.39 is 6.09 Å². The number of alkyl carbamates (subject to hydrolysis) is 1. The Bertz CT molecular complexity index is 500. The van der Waals surface area contributed by atoms with Gasteiger partial charge in [-0.1, -0.05) is 12.1 Å². The average molecular weight is 263 g/mol. The molecule has 0 aromatic heterocycles. The van der Waals surface area contributed by atoms with Crippen molar-refractivity contribution < 1.29 is 19.0 Å². The van der Waals surface area contributed by atoms with Crippen LogP contribution >= 0.6 is 0 Å². The molecule has 0 saturated carbocycles. The first-order chi connectivity index (χ1) is 9.29. The molecule has 3 rings (SSSR count). The number of carbonyl (C=O) groups excluding carboxylic acids is 1. The van der Waals surface area contributed by atoms with E-state index in [1.807, 2.05) is 0 Å². The van der Waals surface area contributed by atoms with Crippen LogP contribution < -0.4 is 10.1 Å². The maximum atomic E-state index is 11.2. The van der Waals surface area contributed by atoms with E-state index in [2.05, 4.69) is 22.2 Å². The van der Waals surface area contributed by atoms with E-state index in [4.69, 9.17) is 9.47 Å². The summed E-state index contributed by atoms with van der Waals surface area (Å²) < 4.78 is 16.1. The van der Waals surface area contributed by atoms with Gasteiger partial charge in [0.25, 0.3) is 0 Å². The molecule has 1 N–H and O–H groups in total. The smallest absolute Gasteiger partial charge is 0.406 e. The van der Waals surface area contributed by atoms with Crippen molar-refractivity contribution in [3.05, 3.63) is 28.8 Å². The molecule has 2 aliphatic rings. The Morgan fingerprint density at radius 1 is 1.37 bits per heavy atom. The van der Waals surface area contributed by atoms with Crippen LogP contribution in [0.15, 0.2) is 12.1 Å². The van der Waals surface area contributed by atoms with Crippen LogP contribution in [0.5, 0.6) is 5.75 Å². The van der Waals surface area contributed by atoms with Crippen LogP contribution in [0.1, 0.15) is 22.8 Å². The second-order valence-electron chi connectivity index (χ2n) is 4.71. The standard InChI is InChI=1S/C14H17NO4/c1-17-14(16)15-8-11-12-9(4-6-18-11)2-3-10-5-7-19-13(10)12/h2-3,11H,4-8H2,1H3,(H,15,16). The minimum Gasteiger partial charge on any atom is -0.493 e. The summed E-state index contributed by atoms with van der Waals surface area (Å²) in [4.78, 5) is 11.2. The zero-order valence-electron chi connectivity index (χ0n) is 10.9. The number of benzene rings is 1. The Hall–Kier alpha value is -1.75. The molecule has 2 heterocycles. The van der Waals surface area contributed by atoms with Crippen molar-refractivity contribution in [1.29, 1.82) is 0 Å². The normalized spacial score (nSPS) is 20.2. The van der Waals surface area contributed by atoms with E-state index >= 15 is 0 Å². The number of ether oxygens (including phenoxy) is 3. The van der Waals surface area contributed by atoms with Crippen LogP contribution in [0.25, 0.3) is 0 Å². The molecule has 0 radical (unpaired) electrons. The molecule has 102 valence electrons. The van der Waals surface area contributed by atoms with E-state index in [9.17, 15) is 4.79 Å². The molecule has 1 unspecified atom stereocenters. The van der Waals surface area contributed by atoms with Crippen molar-refractivity contribution >= 4 is 6.09 Å². The topological polar surface area (TPSA) is 56.8 Å². The molecule has 0 aliphatic carbocycles. The van der Waals surface area contributed by atoms with Crippen molar-refractivity contribution in [2.24, 2.45) is 0 Å². The SMILES string of the molecule is COC(=O)NCC1OCCc2ccc3c(c21)OCC3. The number of carbonyl (C=O) groups is 1. The zero-order chi connectivity index (χ0) is 13.2. The molecule has 5 heteroatoms. The fourth-order valence-corrected chi connectivity index (χ4v) is 2.69. The molecule has 1 aromatic rings. The highest BCUT2D eigenvalue weighted by molar-refractivity contribution is 5.67. The largest absolute Gasteiger partial charge is 0.493 e. The molecule has 0 bridgehead atoms. The number of rotatable bonds is 2. The van der Waals surface area contributed by atoms with Crippen LogP contribution in [0.2, 0.25) is 0 Å². The average Bonchev–Trinajstić information content (AvgIpc) is 2.92. The van der Waals surface area contributed by atoms with Crippen molar-refractivity contribution in [3.63, 3.8) is 0 Å². The first kappa shape index (κ1) is 12.3. The monoisotopic (exact) mass is 263 g/mol. The van der Waals surface area contributed by atoms with Gasteiger partial charge in [-0.15, -0.1) is 0 Å². The first-order valence-electron chi connectivity index (χ1n) is 6.50. The zero-order valence-corrected chi connectivity index (χ0v) is 10.9. The van der Waals surface area contributed by atoms with Gasteiger partial charge >= 0.3 is 6.09 Å². The number of nitrogens with one attached hydrogen (secondary N) is 1. The minimum absolute atomic E-state index is 0.157. The summed E-state index contributed by atoms with van der Waals surface area (Å²) >= 11 is 0. The van der Waals surface area contributed by atoms with Crippen molar-refractivity contribution in [2.45, 2.75) is 18.9 Å². The number of methoxy groups -OCH3 is 1. The predicted octanol–water partition coefficient (Wildman–Crippen LogP) is 1.59. The van der Waals surface area contributed by atoms with Gasteiger partial charge in [0.15, 0.2) is 0 Å². The molecular weight excluding hydrogens is 246 g/mol. The summed E-state index contributed by atoms with van der Waals surface area (Å²) in [5.74, 6) is 0.953. The third-order valence-corrected chi connectivity index (χ3v) is 3.62. The van der Waals surface area contributed by atoms with E-state index in [1.165, 1.54) is 18.2 Å². The van der Waals surface area contributed by atoms with Crippen LogP contribution in [0, 0.1) is 0 Å². The van der Waals surface area contributed by atoms with E-state index in [1.54, 1.807) is 0 Å². The summed E-state index contributed by atoms with van der Waals surface area (Å²) in [5, 5.41) is 2.69. The minimum atomic E-state index is -0.441. The summed E-state index contributed by atoms with van der Waals surface area (Å²) in [5.41, 5.74) is 3.58. The highest BCUT2D eigenvalue weighted by Gasteiger charge is 2.29. The molecule has 0 fully saturated rings. The number of fused-ring (bicyclic) bond motifs is 3. The lowest BCUT2D eigenvalue weighted by Crippen LogP contribution is -2.32. The Morgan fingerprint density at radius 2 is 2.16 bits per heavy atom. The van der Waals surface area contributed by atoms with Crippen LogP contribution in [-0.4, -0.2) is 33.0 Å². The summed E-state index contributed by atoms with van der Waals surface area (Å²) in [6, 6.07) is 4.29. The lowest BCUT2D eigenvalue weighted by atomic mass is 9.93. The number of hydrogen-bond donors (Lipinski definition) is 1. The quantitative estimate of drug-likeness (QED) is 0.880. The maximum Gasteiger partial charge on any atom is 0.406 e. The second kappa shape index (κ2) is 5.09. The Morgan fingerprint density at radius 3 is 3.00 bits per heavy atom. The highest BCUT2D eigenvalue weighted by Crippen LogP contribution is 2.39. The maximum absolute atomic E-state index is 11.2. The van der Waals surface area contributed by atoms with Gasteiger partial charge in [-0.05, 0) is 17.5 Å². The van der Waals surface area contributed by atoms with Gasteiger partial charge in [-0.2, -0.15) is 0 Å². The van der Waals surface area contributed by atoms with Crippen LogP contribution in [0.4, 0.5) is 4.79 Å². The molecule has 1 amide bonds. The molecular formula is C14H17NO4. The van der Waals surface area contributed by atoms with Gasteiger partial charge in [0, 0.05) is 12.0 Å². The fraction of sp³-hybridized carbons (Fsp3) is 0.500. The number of amides is 1. The van der Waals surface area contributed by atoms with Crippen molar-refractivity contribution in [2.75, 3.05) is 26.9 Å². The number of hydrogen-bond acceptors (Lipinski definition) is 4. The highest BCUT2D eigenvalue weighted by atomic mass is 16.5. The van der Waals surface area contributed by atoms with E-state index in [0.717, 1.165) is 30.8 Å². The lowest BCUT2D eigenvalue weighted by Gasteiger charge is -2.27.